The van der Waals surface area contributed by atoms with Gasteiger partial charge in [0.1, 0.15) is 10.0 Å². The van der Waals surface area contributed by atoms with Gasteiger partial charge in [-0.3, -0.25) is 30.3 Å². The minimum Gasteiger partial charge on any atom is -0.258 e. The molecule has 11 heteroatoms. The Labute approximate surface area is 106 Å². The van der Waals surface area contributed by atoms with E-state index < -0.39 is 47.7 Å². The molecule has 0 unspecified atom stereocenters. The number of hydrogen-bond donors (Lipinski definition) is 0. The van der Waals surface area contributed by atoms with Crippen molar-refractivity contribution in [3.63, 3.8) is 0 Å². The molecule has 9 nitrogen and oxygen atoms in total. The van der Waals surface area contributed by atoms with Crippen LogP contribution in [-0.2, 0) is 0 Å². The van der Waals surface area contributed by atoms with Crippen molar-refractivity contribution < 1.29 is 19.2 Å². The summed E-state index contributed by atoms with van der Waals surface area (Å²) in [7, 11) is 0. The standard InChI is InChI=1S/C7H3BrFN3O6/c1-2-5(10(13)14)4(9)3(8)7(12(17)18)6(2)11(15)16/h1H3. The van der Waals surface area contributed by atoms with E-state index in [4.69, 9.17) is 0 Å². The molecule has 0 aromatic heterocycles. The quantitative estimate of drug-likeness (QED) is 0.620. The fourth-order valence-electron chi connectivity index (χ4n) is 1.37. The lowest BCUT2D eigenvalue weighted by Crippen LogP contribution is -2.06. The highest BCUT2D eigenvalue weighted by molar-refractivity contribution is 9.10. The largest absolute Gasteiger partial charge is 0.363 e. The first-order chi connectivity index (χ1) is 8.20. The lowest BCUT2D eigenvalue weighted by molar-refractivity contribution is -0.426. The van der Waals surface area contributed by atoms with E-state index in [2.05, 4.69) is 15.9 Å². The lowest BCUT2D eigenvalue weighted by atomic mass is 10.1. The molecule has 0 N–H and O–H groups in total. The molecule has 0 aliphatic rings. The molecular formula is C7H3BrFN3O6. The molecule has 0 heterocycles. The fraction of sp³-hybridized carbons (Fsp3) is 0.143. The van der Waals surface area contributed by atoms with Gasteiger partial charge >= 0.3 is 17.1 Å². The first-order valence-corrected chi connectivity index (χ1v) is 4.94. The highest BCUT2D eigenvalue weighted by Crippen LogP contribution is 2.44. The average Bonchev–Trinajstić information content (AvgIpc) is 2.21. The van der Waals surface area contributed by atoms with Gasteiger partial charge in [0.2, 0.25) is 5.82 Å². The maximum Gasteiger partial charge on any atom is 0.363 e. The number of hydrogen-bond acceptors (Lipinski definition) is 6. The maximum absolute atomic E-state index is 13.6. The van der Waals surface area contributed by atoms with Gasteiger partial charge in [-0.1, -0.05) is 0 Å². The Hall–Kier alpha value is -2.17. The van der Waals surface area contributed by atoms with E-state index in [1.54, 1.807) is 0 Å². The summed E-state index contributed by atoms with van der Waals surface area (Å²) in [5, 5.41) is 32.0. The summed E-state index contributed by atoms with van der Waals surface area (Å²) in [5.74, 6) is -1.52. The second-order valence-electron chi connectivity index (χ2n) is 3.07. The molecule has 0 atom stereocenters. The van der Waals surface area contributed by atoms with Crippen LogP contribution in [-0.4, -0.2) is 14.8 Å². The Morgan fingerprint density at radius 3 is 1.67 bits per heavy atom. The van der Waals surface area contributed by atoms with E-state index in [9.17, 15) is 34.7 Å². The molecule has 0 saturated heterocycles. The van der Waals surface area contributed by atoms with E-state index in [1.807, 2.05) is 0 Å². The van der Waals surface area contributed by atoms with Crippen LogP contribution in [0.25, 0.3) is 0 Å². The van der Waals surface area contributed by atoms with Crippen molar-refractivity contribution in [3.8, 4) is 0 Å². The van der Waals surface area contributed by atoms with Gasteiger partial charge in [0.05, 0.1) is 14.8 Å². The molecule has 18 heavy (non-hydrogen) atoms. The second kappa shape index (κ2) is 4.60. The molecule has 0 radical (unpaired) electrons. The summed E-state index contributed by atoms with van der Waals surface area (Å²) in [6.07, 6.45) is 0. The molecule has 0 fully saturated rings. The van der Waals surface area contributed by atoms with Crippen LogP contribution in [0.4, 0.5) is 21.5 Å². The van der Waals surface area contributed by atoms with Crippen molar-refractivity contribution in [2.75, 3.05) is 0 Å². The summed E-state index contributed by atoms with van der Waals surface area (Å²) >= 11 is 2.43. The van der Waals surface area contributed by atoms with Crippen molar-refractivity contribution in [3.05, 3.63) is 46.2 Å². The van der Waals surface area contributed by atoms with Crippen molar-refractivity contribution >= 4 is 33.0 Å². The van der Waals surface area contributed by atoms with Gasteiger partial charge in [-0.25, -0.2) is 0 Å². The van der Waals surface area contributed by atoms with E-state index in [-0.39, 0.29) is 0 Å². The normalized spacial score (nSPS) is 10.2. The zero-order valence-electron chi connectivity index (χ0n) is 8.55. The van der Waals surface area contributed by atoms with Gasteiger partial charge in [0, 0.05) is 0 Å². The number of benzene rings is 1. The summed E-state index contributed by atoms with van der Waals surface area (Å²) in [6, 6.07) is 0. The number of nitro benzene ring substituents is 3. The average molecular weight is 324 g/mol. The van der Waals surface area contributed by atoms with Crippen molar-refractivity contribution in [1.82, 2.24) is 0 Å². The molecule has 0 aliphatic heterocycles. The van der Waals surface area contributed by atoms with Crippen LogP contribution in [0.3, 0.4) is 0 Å². The molecule has 1 aromatic carbocycles. The van der Waals surface area contributed by atoms with Gasteiger partial charge < -0.3 is 0 Å². The lowest BCUT2D eigenvalue weighted by Gasteiger charge is -2.03. The Morgan fingerprint density at radius 2 is 1.33 bits per heavy atom. The summed E-state index contributed by atoms with van der Waals surface area (Å²) in [5.41, 5.74) is -4.14. The number of halogens is 2. The molecule has 0 bridgehead atoms. The zero-order chi connectivity index (χ0) is 14.2. The fourth-order valence-corrected chi connectivity index (χ4v) is 1.89. The number of rotatable bonds is 3. The Balaban J connectivity index is 3.94. The summed E-state index contributed by atoms with van der Waals surface area (Å²) in [6.45, 7) is 0.874. The smallest absolute Gasteiger partial charge is 0.258 e. The first-order valence-electron chi connectivity index (χ1n) is 4.14. The second-order valence-corrected chi connectivity index (χ2v) is 3.86. The van der Waals surface area contributed by atoms with Crippen LogP contribution in [0.1, 0.15) is 5.56 Å². The summed E-state index contributed by atoms with van der Waals surface area (Å²) in [4.78, 5) is 28.5. The third-order valence-corrected chi connectivity index (χ3v) is 2.81. The minimum absolute atomic E-state index is 0.711. The topological polar surface area (TPSA) is 129 Å². The van der Waals surface area contributed by atoms with Gasteiger partial charge in [0.25, 0.3) is 0 Å². The van der Waals surface area contributed by atoms with Crippen molar-refractivity contribution in [1.29, 1.82) is 0 Å². The molecule has 0 amide bonds. The van der Waals surface area contributed by atoms with E-state index in [0.29, 0.717) is 0 Å². The molecule has 0 aliphatic carbocycles. The molecule has 1 rings (SSSR count). The Kier molecular flexibility index (Phi) is 3.55. The predicted molar refractivity (Wildman–Crippen MR) is 58.8 cm³/mol. The maximum atomic E-state index is 13.6. The predicted octanol–water partition coefficient (Wildman–Crippen LogP) is 2.62. The Bertz CT molecular complexity index is 589. The van der Waals surface area contributed by atoms with Crippen LogP contribution in [0.2, 0.25) is 0 Å². The summed E-state index contributed by atoms with van der Waals surface area (Å²) < 4.78 is 12.6. The molecular weight excluding hydrogens is 321 g/mol. The van der Waals surface area contributed by atoms with Gasteiger partial charge in [0.15, 0.2) is 0 Å². The van der Waals surface area contributed by atoms with E-state index in [0.717, 1.165) is 6.92 Å². The Morgan fingerprint density at radius 1 is 0.944 bits per heavy atom. The molecule has 1 aromatic rings. The number of nitro groups is 3. The van der Waals surface area contributed by atoms with Gasteiger partial charge in [-0.2, -0.15) is 4.39 Å². The minimum atomic E-state index is -1.52. The first kappa shape index (κ1) is 13.9. The SMILES string of the molecule is Cc1c([N+](=O)[O-])c(F)c(Br)c([N+](=O)[O-])c1[N+](=O)[O-]. The van der Waals surface area contributed by atoms with Crippen LogP contribution in [0.15, 0.2) is 4.47 Å². The monoisotopic (exact) mass is 323 g/mol. The van der Waals surface area contributed by atoms with Crippen LogP contribution in [0, 0.1) is 43.1 Å². The van der Waals surface area contributed by atoms with Crippen LogP contribution >= 0.6 is 15.9 Å². The van der Waals surface area contributed by atoms with Crippen molar-refractivity contribution in [2.24, 2.45) is 0 Å². The highest BCUT2D eigenvalue weighted by atomic mass is 79.9. The number of nitrogens with zero attached hydrogens (tertiary/aromatic N) is 3. The third-order valence-electron chi connectivity index (χ3n) is 2.09. The van der Waals surface area contributed by atoms with Crippen LogP contribution in [0.5, 0.6) is 0 Å². The zero-order valence-corrected chi connectivity index (χ0v) is 10.1. The third kappa shape index (κ3) is 1.99. The van der Waals surface area contributed by atoms with E-state index >= 15 is 0 Å². The molecule has 0 saturated carbocycles. The molecule has 0 spiro atoms. The van der Waals surface area contributed by atoms with Crippen molar-refractivity contribution in [2.45, 2.75) is 6.92 Å². The van der Waals surface area contributed by atoms with Crippen LogP contribution < -0.4 is 0 Å². The van der Waals surface area contributed by atoms with E-state index in [1.165, 1.54) is 0 Å². The highest BCUT2D eigenvalue weighted by Gasteiger charge is 2.40. The molecule has 96 valence electrons. The van der Waals surface area contributed by atoms with Gasteiger partial charge in [-0.05, 0) is 22.9 Å². The van der Waals surface area contributed by atoms with Gasteiger partial charge in [-0.15, -0.1) is 0 Å².